The molecule has 0 aliphatic carbocycles. The summed E-state index contributed by atoms with van der Waals surface area (Å²) in [5.74, 6) is 0. The van der Waals surface area contributed by atoms with E-state index >= 15 is 0 Å². The van der Waals surface area contributed by atoms with Crippen molar-refractivity contribution in [2.75, 3.05) is 59.1 Å². The molecule has 0 aliphatic rings. The summed E-state index contributed by atoms with van der Waals surface area (Å²) in [6.45, 7) is 9.61. The molecule has 0 radical (unpaired) electrons. The molecular formula is C28H46N3O8PS2. The summed E-state index contributed by atoms with van der Waals surface area (Å²) >= 11 is 0. The highest BCUT2D eigenvalue weighted by Crippen LogP contribution is 2.52. The minimum atomic E-state index is -3.86. The van der Waals surface area contributed by atoms with Crippen molar-refractivity contribution in [2.24, 2.45) is 0 Å². The van der Waals surface area contributed by atoms with Crippen molar-refractivity contribution in [1.82, 2.24) is 13.3 Å². The van der Waals surface area contributed by atoms with E-state index in [9.17, 15) is 26.5 Å². The van der Waals surface area contributed by atoms with E-state index < -0.39 is 27.8 Å². The van der Waals surface area contributed by atoms with E-state index in [4.69, 9.17) is 9.05 Å². The lowest BCUT2D eigenvalue weighted by molar-refractivity contribution is 0.163. The molecule has 11 nitrogen and oxygen atoms in total. The predicted molar refractivity (Wildman–Crippen MR) is 164 cm³/mol. The number of hydrogen-bond acceptors (Lipinski definition) is 8. The zero-order valence-electron chi connectivity index (χ0n) is 25.3. The molecule has 0 unspecified atom stereocenters. The number of aliphatic hydroxyl groups excluding tert-OH is 1. The first-order valence-electron chi connectivity index (χ1n) is 14.2. The average Bonchev–Trinajstić information content (AvgIpc) is 2.94. The third-order valence-electron chi connectivity index (χ3n) is 6.60. The molecule has 0 aromatic heterocycles. The minimum absolute atomic E-state index is 0.0639. The molecule has 238 valence electrons. The Morgan fingerprint density at radius 1 is 0.667 bits per heavy atom. The third kappa shape index (κ3) is 9.93. The second-order valence-electron chi connectivity index (χ2n) is 9.72. The maximum Gasteiger partial charge on any atom is 0.408 e. The van der Waals surface area contributed by atoms with Crippen LogP contribution in [0.15, 0.2) is 58.3 Å². The van der Waals surface area contributed by atoms with Gasteiger partial charge in [0.15, 0.2) is 0 Å². The maximum atomic E-state index is 13.7. The molecule has 2 aromatic rings. The lowest BCUT2D eigenvalue weighted by atomic mass is 10.2. The molecular weight excluding hydrogens is 601 g/mol. The van der Waals surface area contributed by atoms with Crippen LogP contribution in [-0.2, 0) is 33.7 Å². The molecule has 0 spiro atoms. The zero-order valence-corrected chi connectivity index (χ0v) is 27.8. The highest BCUT2D eigenvalue weighted by atomic mass is 32.2. The van der Waals surface area contributed by atoms with Crippen molar-refractivity contribution < 1.29 is 35.6 Å². The smallest absolute Gasteiger partial charge is 0.395 e. The van der Waals surface area contributed by atoms with Crippen LogP contribution in [0.4, 0.5) is 0 Å². The standard InChI is InChI=1S/C28H46N3O8PS2/c1-6-30(41(34,35)27-15-11-25(4)12-16-27)21-9-19-29(40(33,38-7-2)39-8-3)20-10-22-31(23-24-32)42(36,37)28-17-13-26(5)14-18-28/h11-18,32H,6-10,19-24H2,1-5H3. The Kier molecular flexibility index (Phi) is 14.8. The van der Waals surface area contributed by atoms with Gasteiger partial charge in [-0.3, -0.25) is 9.05 Å². The van der Waals surface area contributed by atoms with Crippen LogP contribution < -0.4 is 0 Å². The molecule has 1 N–H and O–H groups in total. The second-order valence-corrected chi connectivity index (χ2v) is 15.6. The molecule has 0 fully saturated rings. The van der Waals surface area contributed by atoms with Gasteiger partial charge in [0.1, 0.15) is 0 Å². The van der Waals surface area contributed by atoms with E-state index in [0.717, 1.165) is 11.1 Å². The Balaban J connectivity index is 2.19. The van der Waals surface area contributed by atoms with Crippen molar-refractivity contribution in [3.05, 3.63) is 59.7 Å². The topological polar surface area (TPSA) is 134 Å². The third-order valence-corrected chi connectivity index (χ3v) is 12.8. The monoisotopic (exact) mass is 647 g/mol. The molecule has 0 aliphatic heterocycles. The number of nitrogens with zero attached hydrogens (tertiary/aromatic N) is 3. The number of aliphatic hydroxyl groups is 1. The SMILES string of the molecule is CCOP(=O)(OCC)N(CCCN(CC)S(=O)(=O)c1ccc(C)cc1)CCCN(CCO)S(=O)(=O)c1ccc(C)cc1. The van der Waals surface area contributed by atoms with Gasteiger partial charge >= 0.3 is 7.75 Å². The zero-order chi connectivity index (χ0) is 31.4. The number of sulfonamides is 2. The number of benzene rings is 2. The summed E-state index contributed by atoms with van der Waals surface area (Å²) < 4.78 is 81.9. The lowest BCUT2D eigenvalue weighted by Crippen LogP contribution is -2.37. The van der Waals surface area contributed by atoms with Crippen LogP contribution in [-0.4, -0.2) is 94.3 Å². The largest absolute Gasteiger partial charge is 0.408 e. The van der Waals surface area contributed by atoms with Gasteiger partial charge < -0.3 is 5.11 Å². The first-order chi connectivity index (χ1) is 19.8. The summed E-state index contributed by atoms with van der Waals surface area (Å²) in [6.07, 6.45) is 0.611. The lowest BCUT2D eigenvalue weighted by Gasteiger charge is -2.31. The fourth-order valence-electron chi connectivity index (χ4n) is 4.37. The number of rotatable bonds is 20. The van der Waals surface area contributed by atoms with E-state index in [-0.39, 0.29) is 75.3 Å². The molecule has 0 saturated heterocycles. The highest BCUT2D eigenvalue weighted by Gasteiger charge is 2.34. The molecule has 2 rings (SSSR count). The fourth-order valence-corrected chi connectivity index (χ4v) is 9.16. The molecule has 0 amide bonds. The quantitative estimate of drug-likeness (QED) is 0.209. The van der Waals surface area contributed by atoms with E-state index in [1.807, 2.05) is 13.8 Å². The van der Waals surface area contributed by atoms with Gasteiger partial charge in [0.25, 0.3) is 0 Å². The molecule has 0 atom stereocenters. The van der Waals surface area contributed by atoms with Crippen molar-refractivity contribution in [1.29, 1.82) is 0 Å². The highest BCUT2D eigenvalue weighted by molar-refractivity contribution is 7.89. The van der Waals surface area contributed by atoms with Gasteiger partial charge in [0, 0.05) is 39.3 Å². The molecule has 0 heterocycles. The fraction of sp³-hybridized carbons (Fsp3) is 0.571. The van der Waals surface area contributed by atoms with E-state index in [1.54, 1.807) is 61.8 Å². The van der Waals surface area contributed by atoms with Crippen LogP contribution >= 0.6 is 7.75 Å². The number of aryl methyl sites for hydroxylation is 2. The van der Waals surface area contributed by atoms with E-state index in [2.05, 4.69) is 0 Å². The van der Waals surface area contributed by atoms with Crippen molar-refractivity contribution in [3.8, 4) is 0 Å². The summed E-state index contributed by atoms with van der Waals surface area (Å²) in [6, 6.07) is 13.2. The van der Waals surface area contributed by atoms with Gasteiger partial charge in [-0.1, -0.05) is 42.3 Å². The van der Waals surface area contributed by atoms with Crippen LogP contribution in [0.2, 0.25) is 0 Å². The average molecular weight is 648 g/mol. The second kappa shape index (κ2) is 17.0. The van der Waals surface area contributed by atoms with Gasteiger partial charge in [-0.05, 0) is 64.8 Å². The van der Waals surface area contributed by atoms with Gasteiger partial charge in [-0.2, -0.15) is 8.61 Å². The van der Waals surface area contributed by atoms with Crippen LogP contribution in [0.3, 0.4) is 0 Å². The van der Waals surface area contributed by atoms with Crippen LogP contribution in [0.5, 0.6) is 0 Å². The van der Waals surface area contributed by atoms with E-state index in [1.165, 1.54) is 20.7 Å². The van der Waals surface area contributed by atoms with Crippen molar-refractivity contribution in [2.45, 2.75) is 57.3 Å². The van der Waals surface area contributed by atoms with Crippen molar-refractivity contribution in [3.63, 3.8) is 0 Å². The Morgan fingerprint density at radius 3 is 1.45 bits per heavy atom. The Bertz CT molecular complexity index is 1340. The first kappa shape index (κ1) is 36.5. The summed E-state index contributed by atoms with van der Waals surface area (Å²) in [5.41, 5.74) is 1.88. The first-order valence-corrected chi connectivity index (χ1v) is 18.6. The maximum absolute atomic E-state index is 13.7. The van der Waals surface area contributed by atoms with Crippen molar-refractivity contribution >= 4 is 27.8 Å². The summed E-state index contributed by atoms with van der Waals surface area (Å²) in [5, 5.41) is 9.57. The van der Waals surface area contributed by atoms with Gasteiger partial charge in [-0.25, -0.2) is 26.1 Å². The summed E-state index contributed by atoms with van der Waals surface area (Å²) in [4.78, 5) is 0.335. The Morgan fingerprint density at radius 2 is 1.07 bits per heavy atom. The van der Waals surface area contributed by atoms with Gasteiger partial charge in [0.2, 0.25) is 20.0 Å². The minimum Gasteiger partial charge on any atom is -0.395 e. The molecule has 2 aromatic carbocycles. The molecule has 0 saturated carbocycles. The van der Waals surface area contributed by atoms with Gasteiger partial charge in [0.05, 0.1) is 29.6 Å². The Hall–Kier alpha value is -1.67. The van der Waals surface area contributed by atoms with Crippen LogP contribution in [0, 0.1) is 13.8 Å². The van der Waals surface area contributed by atoms with E-state index in [0.29, 0.717) is 6.42 Å². The Labute approximate surface area is 252 Å². The molecule has 0 bridgehead atoms. The van der Waals surface area contributed by atoms with Crippen LogP contribution in [0.25, 0.3) is 0 Å². The normalized spacial score (nSPS) is 13.0. The summed E-state index contributed by atoms with van der Waals surface area (Å²) in [7, 11) is -11.3. The predicted octanol–water partition coefficient (Wildman–Crippen LogP) is 4.26. The number of hydrogen-bond donors (Lipinski definition) is 1. The molecule has 14 heteroatoms. The van der Waals surface area contributed by atoms with Crippen LogP contribution in [0.1, 0.15) is 44.7 Å². The molecule has 42 heavy (non-hydrogen) atoms. The van der Waals surface area contributed by atoms with Gasteiger partial charge in [-0.15, -0.1) is 0 Å².